The van der Waals surface area contributed by atoms with Crippen LogP contribution in [0.3, 0.4) is 0 Å². The molecule has 0 N–H and O–H groups in total. The van der Waals surface area contributed by atoms with Crippen molar-refractivity contribution in [2.45, 2.75) is 32.4 Å². The second-order valence-corrected chi connectivity index (χ2v) is 5.75. The summed E-state index contributed by atoms with van der Waals surface area (Å²) < 4.78 is 7.69. The summed E-state index contributed by atoms with van der Waals surface area (Å²) in [7, 11) is 0. The lowest BCUT2D eigenvalue weighted by Gasteiger charge is -2.22. The fraction of sp³-hybridized carbons (Fsp3) is 0.353. The van der Waals surface area contributed by atoms with Gasteiger partial charge in [-0.05, 0) is 44.4 Å². The zero-order valence-corrected chi connectivity index (χ0v) is 12.6. The first-order valence-electron chi connectivity index (χ1n) is 7.69. The highest BCUT2D eigenvalue weighted by molar-refractivity contribution is 5.79. The Kier molecular flexibility index (Phi) is 3.35. The third kappa shape index (κ3) is 2.48. The van der Waals surface area contributed by atoms with Gasteiger partial charge in [0.1, 0.15) is 6.23 Å². The van der Waals surface area contributed by atoms with Crippen molar-refractivity contribution in [2.75, 3.05) is 6.61 Å². The Hall–Kier alpha value is -2.27. The number of pyridine rings is 2. The van der Waals surface area contributed by atoms with Gasteiger partial charge in [-0.25, -0.2) is 4.68 Å². The summed E-state index contributed by atoms with van der Waals surface area (Å²) in [5, 5.41) is 4.46. The van der Waals surface area contributed by atoms with E-state index in [1.54, 1.807) is 0 Å². The monoisotopic (exact) mass is 294 g/mol. The Bertz CT molecular complexity index is 805. The number of hydrogen-bond donors (Lipinski definition) is 0. The number of fused-ring (bicyclic) bond motifs is 1. The molecule has 112 valence electrons. The van der Waals surface area contributed by atoms with Crippen LogP contribution in [-0.4, -0.2) is 26.4 Å². The topological polar surface area (TPSA) is 52.8 Å². The molecular formula is C17H18N4O. The van der Waals surface area contributed by atoms with Crippen LogP contribution in [0, 0.1) is 6.92 Å². The second kappa shape index (κ2) is 5.50. The van der Waals surface area contributed by atoms with E-state index in [1.807, 2.05) is 42.3 Å². The number of nitrogens with zero attached hydrogens (tertiary/aromatic N) is 4. The molecule has 1 fully saturated rings. The molecule has 3 aromatic heterocycles. The van der Waals surface area contributed by atoms with Crippen molar-refractivity contribution in [3.63, 3.8) is 0 Å². The molecule has 0 amide bonds. The van der Waals surface area contributed by atoms with E-state index in [0.29, 0.717) is 0 Å². The Balaban J connectivity index is 1.68. The molecule has 1 aliphatic heterocycles. The van der Waals surface area contributed by atoms with E-state index >= 15 is 0 Å². The van der Waals surface area contributed by atoms with Crippen LogP contribution in [0.25, 0.3) is 22.2 Å². The summed E-state index contributed by atoms with van der Waals surface area (Å²) in [6, 6.07) is 6.05. The number of rotatable bonds is 2. The molecule has 0 aliphatic carbocycles. The fourth-order valence-corrected chi connectivity index (χ4v) is 2.84. The summed E-state index contributed by atoms with van der Waals surface area (Å²) in [6.07, 6.45) is 9.22. The van der Waals surface area contributed by atoms with Gasteiger partial charge in [0.2, 0.25) is 0 Å². The van der Waals surface area contributed by atoms with Crippen molar-refractivity contribution < 1.29 is 4.74 Å². The first-order chi connectivity index (χ1) is 10.8. The van der Waals surface area contributed by atoms with E-state index in [0.717, 1.165) is 47.3 Å². The first kappa shape index (κ1) is 13.4. The van der Waals surface area contributed by atoms with Gasteiger partial charge in [0.05, 0.1) is 17.2 Å². The van der Waals surface area contributed by atoms with E-state index in [9.17, 15) is 0 Å². The number of aryl methyl sites for hydroxylation is 1. The highest BCUT2D eigenvalue weighted by Gasteiger charge is 2.17. The molecular weight excluding hydrogens is 276 g/mol. The summed E-state index contributed by atoms with van der Waals surface area (Å²) in [6.45, 7) is 2.81. The maximum Gasteiger partial charge on any atom is 0.150 e. The lowest BCUT2D eigenvalue weighted by atomic mass is 10.1. The van der Waals surface area contributed by atoms with Crippen LogP contribution < -0.4 is 0 Å². The number of hydrogen-bond acceptors (Lipinski definition) is 4. The average molecular weight is 294 g/mol. The van der Waals surface area contributed by atoms with Gasteiger partial charge in [0.15, 0.2) is 0 Å². The molecule has 4 heterocycles. The van der Waals surface area contributed by atoms with Crippen LogP contribution in [0.2, 0.25) is 0 Å². The standard InChI is InChI=1S/C17H18N4O/c1-12-5-6-15-16(20-12)8-13(9-18-15)14-10-19-21(11-14)17-4-2-3-7-22-17/h5-6,8-11,17H,2-4,7H2,1H3. The molecule has 22 heavy (non-hydrogen) atoms. The lowest BCUT2D eigenvalue weighted by Crippen LogP contribution is -2.18. The molecule has 4 rings (SSSR count). The Labute approximate surface area is 129 Å². The molecule has 1 atom stereocenters. The molecule has 0 aromatic carbocycles. The van der Waals surface area contributed by atoms with Gasteiger partial charge in [0.25, 0.3) is 0 Å². The van der Waals surface area contributed by atoms with Gasteiger partial charge in [-0.1, -0.05) is 0 Å². The van der Waals surface area contributed by atoms with Crippen LogP contribution in [0.1, 0.15) is 31.2 Å². The number of ether oxygens (including phenoxy) is 1. The molecule has 0 spiro atoms. The van der Waals surface area contributed by atoms with Gasteiger partial charge in [-0.15, -0.1) is 0 Å². The molecule has 5 nitrogen and oxygen atoms in total. The molecule has 0 radical (unpaired) electrons. The molecule has 1 saturated heterocycles. The average Bonchev–Trinajstić information content (AvgIpc) is 3.05. The van der Waals surface area contributed by atoms with Crippen molar-refractivity contribution >= 4 is 11.0 Å². The molecule has 0 bridgehead atoms. The normalized spacial score (nSPS) is 18.7. The summed E-state index contributed by atoms with van der Waals surface area (Å²) in [4.78, 5) is 9.03. The largest absolute Gasteiger partial charge is 0.357 e. The molecule has 5 heteroatoms. The van der Waals surface area contributed by atoms with E-state index < -0.39 is 0 Å². The van der Waals surface area contributed by atoms with Gasteiger partial charge >= 0.3 is 0 Å². The number of aromatic nitrogens is 4. The van der Waals surface area contributed by atoms with Crippen molar-refractivity contribution in [3.8, 4) is 11.1 Å². The highest BCUT2D eigenvalue weighted by atomic mass is 16.5. The minimum Gasteiger partial charge on any atom is -0.357 e. The zero-order valence-electron chi connectivity index (χ0n) is 12.6. The highest BCUT2D eigenvalue weighted by Crippen LogP contribution is 2.26. The van der Waals surface area contributed by atoms with Crippen LogP contribution in [0.5, 0.6) is 0 Å². The summed E-state index contributed by atoms with van der Waals surface area (Å²) in [5.41, 5.74) is 4.91. The Morgan fingerprint density at radius 1 is 1.14 bits per heavy atom. The first-order valence-corrected chi connectivity index (χ1v) is 7.69. The van der Waals surface area contributed by atoms with Crippen molar-refractivity contribution in [1.82, 2.24) is 19.7 Å². The smallest absolute Gasteiger partial charge is 0.150 e. The fourth-order valence-electron chi connectivity index (χ4n) is 2.84. The van der Waals surface area contributed by atoms with Crippen molar-refractivity contribution in [1.29, 1.82) is 0 Å². The molecule has 3 aromatic rings. The second-order valence-electron chi connectivity index (χ2n) is 5.75. The predicted octanol–water partition coefficient (Wildman–Crippen LogP) is 3.50. The third-order valence-corrected chi connectivity index (χ3v) is 4.06. The predicted molar refractivity (Wildman–Crippen MR) is 84.3 cm³/mol. The molecule has 1 aliphatic rings. The minimum atomic E-state index is 0.0660. The van der Waals surface area contributed by atoms with E-state index in [-0.39, 0.29) is 6.23 Å². The summed E-state index contributed by atoms with van der Waals surface area (Å²) >= 11 is 0. The van der Waals surface area contributed by atoms with Crippen molar-refractivity contribution in [2.24, 2.45) is 0 Å². The lowest BCUT2D eigenvalue weighted by molar-refractivity contribution is -0.0394. The minimum absolute atomic E-state index is 0.0660. The summed E-state index contributed by atoms with van der Waals surface area (Å²) in [5.74, 6) is 0. The van der Waals surface area contributed by atoms with Gasteiger partial charge in [-0.3, -0.25) is 9.97 Å². The van der Waals surface area contributed by atoms with Gasteiger partial charge < -0.3 is 4.74 Å². The van der Waals surface area contributed by atoms with Crippen LogP contribution >= 0.6 is 0 Å². The van der Waals surface area contributed by atoms with Crippen LogP contribution in [0.15, 0.2) is 36.8 Å². The SMILES string of the molecule is Cc1ccc2ncc(-c3cnn(C4CCCCO4)c3)cc2n1. The van der Waals surface area contributed by atoms with Crippen molar-refractivity contribution in [3.05, 3.63) is 42.5 Å². The molecule has 0 saturated carbocycles. The maximum absolute atomic E-state index is 5.77. The van der Waals surface area contributed by atoms with Gasteiger partial charge in [0, 0.05) is 35.8 Å². The zero-order chi connectivity index (χ0) is 14.9. The van der Waals surface area contributed by atoms with E-state index in [1.165, 1.54) is 6.42 Å². The Morgan fingerprint density at radius 3 is 2.95 bits per heavy atom. The van der Waals surface area contributed by atoms with E-state index in [2.05, 4.69) is 21.1 Å². The maximum atomic E-state index is 5.77. The third-order valence-electron chi connectivity index (χ3n) is 4.06. The van der Waals surface area contributed by atoms with Crippen LogP contribution in [-0.2, 0) is 4.74 Å². The Morgan fingerprint density at radius 2 is 2.09 bits per heavy atom. The van der Waals surface area contributed by atoms with E-state index in [4.69, 9.17) is 4.74 Å². The van der Waals surface area contributed by atoms with Crippen LogP contribution in [0.4, 0.5) is 0 Å². The van der Waals surface area contributed by atoms with Gasteiger partial charge in [-0.2, -0.15) is 5.10 Å². The quantitative estimate of drug-likeness (QED) is 0.726. The molecule has 1 unspecified atom stereocenters.